The van der Waals surface area contributed by atoms with Crippen molar-refractivity contribution in [3.05, 3.63) is 65.7 Å². The number of anilines is 1. The van der Waals surface area contributed by atoms with Gasteiger partial charge in [0.15, 0.2) is 5.75 Å². The van der Waals surface area contributed by atoms with E-state index < -0.39 is 0 Å². The van der Waals surface area contributed by atoms with E-state index in [0.717, 1.165) is 12.8 Å². The van der Waals surface area contributed by atoms with E-state index >= 15 is 0 Å². The van der Waals surface area contributed by atoms with E-state index in [9.17, 15) is 4.79 Å². The van der Waals surface area contributed by atoms with E-state index in [0.29, 0.717) is 34.0 Å². The molecule has 0 heterocycles. The predicted octanol–water partition coefficient (Wildman–Crippen LogP) is 5.28. The Labute approximate surface area is 146 Å². The van der Waals surface area contributed by atoms with Crippen molar-refractivity contribution in [1.29, 1.82) is 0 Å². The van der Waals surface area contributed by atoms with Crippen molar-refractivity contribution >= 4 is 23.2 Å². The third-order valence-corrected chi connectivity index (χ3v) is 5.13. The van der Waals surface area contributed by atoms with E-state index in [1.165, 1.54) is 0 Å². The fourth-order valence-corrected chi connectivity index (χ4v) is 3.79. The number of amides is 1. The number of carbonyl (C=O) groups is 1. The zero-order valence-electron chi connectivity index (χ0n) is 13.1. The number of allylic oxidation sites excluding steroid dienone is 2. The van der Waals surface area contributed by atoms with Gasteiger partial charge in [-0.2, -0.15) is 0 Å². The number of fused-ring (bicyclic) bond motifs is 2. The van der Waals surface area contributed by atoms with Crippen molar-refractivity contribution < 1.29 is 9.53 Å². The van der Waals surface area contributed by atoms with Crippen molar-refractivity contribution in [3.63, 3.8) is 0 Å². The molecule has 1 fully saturated rings. The van der Waals surface area contributed by atoms with Crippen LogP contribution in [0.1, 0.15) is 12.8 Å². The summed E-state index contributed by atoms with van der Waals surface area (Å²) in [6.45, 7) is 0. The van der Waals surface area contributed by atoms with E-state index in [-0.39, 0.29) is 11.8 Å². The summed E-state index contributed by atoms with van der Waals surface area (Å²) >= 11 is 6.16. The third-order valence-electron chi connectivity index (χ3n) is 4.82. The fourth-order valence-electron chi connectivity index (χ4n) is 3.61. The molecule has 3 nitrogen and oxygen atoms in total. The molecule has 3 atom stereocenters. The Balaban J connectivity index is 1.53. The fraction of sp³-hybridized carbons (Fsp3) is 0.250. The summed E-state index contributed by atoms with van der Waals surface area (Å²) in [5, 5.41) is 3.57. The maximum atomic E-state index is 12.6. The van der Waals surface area contributed by atoms with Gasteiger partial charge in [-0.1, -0.05) is 48.0 Å². The first-order valence-corrected chi connectivity index (χ1v) is 8.59. The lowest BCUT2D eigenvalue weighted by Gasteiger charge is -2.19. The van der Waals surface area contributed by atoms with Gasteiger partial charge in [0.1, 0.15) is 5.75 Å². The molecule has 2 aromatic carbocycles. The lowest BCUT2D eigenvalue weighted by Crippen LogP contribution is -2.26. The summed E-state index contributed by atoms with van der Waals surface area (Å²) in [5.74, 6) is 2.25. The van der Waals surface area contributed by atoms with Crippen molar-refractivity contribution in [3.8, 4) is 11.5 Å². The number of nitrogens with one attached hydrogen (secondary N) is 1. The summed E-state index contributed by atoms with van der Waals surface area (Å²) < 4.78 is 5.91. The Morgan fingerprint density at radius 2 is 1.75 bits per heavy atom. The Hall–Kier alpha value is -2.26. The number of benzene rings is 2. The minimum atomic E-state index is 0.0633. The number of ether oxygens (including phenoxy) is 1. The topological polar surface area (TPSA) is 38.3 Å². The van der Waals surface area contributed by atoms with Crippen LogP contribution in [0.15, 0.2) is 60.7 Å². The zero-order valence-corrected chi connectivity index (χ0v) is 13.9. The molecule has 0 aromatic heterocycles. The normalized spacial score (nSPS) is 24.1. The maximum Gasteiger partial charge on any atom is 0.228 e. The number of para-hydroxylation sites is 3. The smallest absolute Gasteiger partial charge is 0.228 e. The second-order valence-electron chi connectivity index (χ2n) is 6.40. The molecule has 0 aliphatic heterocycles. The molecule has 1 saturated carbocycles. The standard InChI is InChI=1S/C20H18ClNO2/c21-16-5-1-3-7-18(16)24-19-8-4-2-6-17(19)22-20(23)15-12-13-9-10-14(15)11-13/h1-10,13-15H,11-12H2,(H,22,23). The van der Waals surface area contributed by atoms with Gasteiger partial charge in [0, 0.05) is 5.92 Å². The van der Waals surface area contributed by atoms with Crippen LogP contribution in [0.2, 0.25) is 5.02 Å². The highest BCUT2D eigenvalue weighted by Crippen LogP contribution is 2.44. The zero-order chi connectivity index (χ0) is 16.5. The van der Waals surface area contributed by atoms with Gasteiger partial charge in [0.25, 0.3) is 0 Å². The summed E-state index contributed by atoms with van der Waals surface area (Å²) in [4.78, 5) is 12.6. The van der Waals surface area contributed by atoms with Gasteiger partial charge >= 0.3 is 0 Å². The molecule has 4 rings (SSSR count). The molecule has 4 heteroatoms. The van der Waals surface area contributed by atoms with Crippen LogP contribution in [-0.4, -0.2) is 5.91 Å². The van der Waals surface area contributed by atoms with E-state index in [2.05, 4.69) is 17.5 Å². The lowest BCUT2D eigenvalue weighted by atomic mass is 9.93. The molecule has 2 aromatic rings. The van der Waals surface area contributed by atoms with Gasteiger partial charge in [-0.15, -0.1) is 0 Å². The third kappa shape index (κ3) is 2.92. The van der Waals surface area contributed by atoms with Gasteiger partial charge in [0.2, 0.25) is 5.91 Å². The highest BCUT2D eigenvalue weighted by Gasteiger charge is 2.39. The molecule has 2 aliphatic carbocycles. The van der Waals surface area contributed by atoms with Crippen LogP contribution in [0.4, 0.5) is 5.69 Å². The highest BCUT2D eigenvalue weighted by molar-refractivity contribution is 6.32. The molecule has 2 aliphatic rings. The van der Waals surface area contributed by atoms with E-state index in [1.54, 1.807) is 6.07 Å². The van der Waals surface area contributed by atoms with Crippen molar-refractivity contribution in [2.45, 2.75) is 12.8 Å². The van der Waals surface area contributed by atoms with Crippen LogP contribution in [0.3, 0.4) is 0 Å². The van der Waals surface area contributed by atoms with Gasteiger partial charge in [-0.25, -0.2) is 0 Å². The molecule has 1 amide bonds. The van der Waals surface area contributed by atoms with Crippen LogP contribution in [-0.2, 0) is 4.79 Å². The summed E-state index contributed by atoms with van der Waals surface area (Å²) in [6.07, 6.45) is 6.48. The van der Waals surface area contributed by atoms with Crippen molar-refractivity contribution in [1.82, 2.24) is 0 Å². The van der Waals surface area contributed by atoms with Crippen LogP contribution in [0.25, 0.3) is 0 Å². The Morgan fingerprint density at radius 1 is 1.00 bits per heavy atom. The van der Waals surface area contributed by atoms with E-state index in [1.807, 2.05) is 42.5 Å². The van der Waals surface area contributed by atoms with Gasteiger partial charge in [-0.05, 0) is 48.9 Å². The molecule has 0 spiro atoms. The van der Waals surface area contributed by atoms with Crippen molar-refractivity contribution in [2.75, 3.05) is 5.32 Å². The SMILES string of the molecule is O=C(Nc1ccccc1Oc1ccccc1Cl)C1CC2C=CC1C2. The van der Waals surface area contributed by atoms with Crippen LogP contribution >= 0.6 is 11.6 Å². The number of halogens is 1. The van der Waals surface area contributed by atoms with Gasteiger partial charge in [0.05, 0.1) is 10.7 Å². The van der Waals surface area contributed by atoms with Crippen LogP contribution in [0.5, 0.6) is 11.5 Å². The first kappa shape index (κ1) is 15.3. The predicted molar refractivity (Wildman–Crippen MR) is 95.4 cm³/mol. The van der Waals surface area contributed by atoms with Crippen LogP contribution < -0.4 is 10.1 Å². The first-order valence-electron chi connectivity index (χ1n) is 8.21. The van der Waals surface area contributed by atoms with Gasteiger partial charge < -0.3 is 10.1 Å². The van der Waals surface area contributed by atoms with Crippen molar-refractivity contribution in [2.24, 2.45) is 17.8 Å². The molecular weight excluding hydrogens is 322 g/mol. The molecule has 1 N–H and O–H groups in total. The molecular formula is C20H18ClNO2. The largest absolute Gasteiger partial charge is 0.454 e. The van der Waals surface area contributed by atoms with Crippen LogP contribution in [0, 0.1) is 17.8 Å². The summed E-state index contributed by atoms with van der Waals surface area (Å²) in [6, 6.07) is 14.8. The second kappa shape index (κ2) is 6.33. The number of hydrogen-bond donors (Lipinski definition) is 1. The molecule has 122 valence electrons. The monoisotopic (exact) mass is 339 g/mol. The average molecular weight is 340 g/mol. The molecule has 3 unspecified atom stereocenters. The second-order valence-corrected chi connectivity index (χ2v) is 6.81. The summed E-state index contributed by atoms with van der Waals surface area (Å²) in [7, 11) is 0. The molecule has 2 bridgehead atoms. The van der Waals surface area contributed by atoms with E-state index in [4.69, 9.17) is 16.3 Å². The highest BCUT2D eigenvalue weighted by atomic mass is 35.5. The number of hydrogen-bond acceptors (Lipinski definition) is 2. The Kier molecular flexibility index (Phi) is 4.03. The minimum absolute atomic E-state index is 0.0633. The average Bonchev–Trinajstić information content (AvgIpc) is 3.22. The minimum Gasteiger partial charge on any atom is -0.454 e. The van der Waals surface area contributed by atoms with Gasteiger partial charge in [-0.3, -0.25) is 4.79 Å². The first-order chi connectivity index (χ1) is 11.7. The lowest BCUT2D eigenvalue weighted by molar-refractivity contribution is -0.120. The quantitative estimate of drug-likeness (QED) is 0.769. The Morgan fingerprint density at radius 3 is 2.46 bits per heavy atom. The molecule has 24 heavy (non-hydrogen) atoms. The number of carbonyl (C=O) groups excluding carboxylic acids is 1. The number of rotatable bonds is 4. The molecule has 0 radical (unpaired) electrons. The Bertz CT molecular complexity index is 802. The maximum absolute atomic E-state index is 12.6. The molecule has 0 saturated heterocycles. The summed E-state index contributed by atoms with van der Waals surface area (Å²) in [5.41, 5.74) is 0.675.